The number of rotatable bonds is 4. The van der Waals surface area contributed by atoms with Gasteiger partial charge in [0.1, 0.15) is 6.42 Å². The molecule has 2 amide bonds. The van der Waals surface area contributed by atoms with E-state index in [2.05, 4.69) is 10.2 Å². The average molecular weight is 387 g/mol. The molecular weight excluding hydrogens is 358 g/mol. The van der Waals surface area contributed by atoms with Crippen molar-refractivity contribution in [1.29, 1.82) is 0 Å². The van der Waals surface area contributed by atoms with Gasteiger partial charge in [0.05, 0.1) is 13.2 Å². The van der Waals surface area contributed by atoms with Gasteiger partial charge in [-0.2, -0.15) is 0 Å². The van der Waals surface area contributed by atoms with Crippen molar-refractivity contribution in [2.75, 3.05) is 49.6 Å². The Morgan fingerprint density at radius 3 is 2.21 bits per heavy atom. The summed E-state index contributed by atoms with van der Waals surface area (Å²) in [7, 11) is 0. The smallest absolute Gasteiger partial charge is 0.233 e. The Morgan fingerprint density at radius 2 is 1.57 bits per heavy atom. The zero-order chi connectivity index (χ0) is 19.4. The van der Waals surface area contributed by atoms with Crippen molar-refractivity contribution in [3.05, 3.63) is 24.3 Å². The monoisotopic (exact) mass is 387 g/mol. The normalized spacial score (nSPS) is 21.7. The van der Waals surface area contributed by atoms with Crippen molar-refractivity contribution in [1.82, 2.24) is 4.90 Å². The summed E-state index contributed by atoms with van der Waals surface area (Å²) in [5.41, 5.74) is 1.91. The molecule has 3 aliphatic heterocycles. The number of amides is 2. The van der Waals surface area contributed by atoms with Crippen molar-refractivity contribution < 1.29 is 19.1 Å². The number of likely N-dealkylation sites (tertiary alicyclic amines) is 1. The summed E-state index contributed by atoms with van der Waals surface area (Å²) in [6.45, 7) is 4.55. The quantitative estimate of drug-likeness (QED) is 0.803. The van der Waals surface area contributed by atoms with Gasteiger partial charge in [0, 0.05) is 50.4 Å². The van der Waals surface area contributed by atoms with Crippen LogP contribution in [0.5, 0.6) is 0 Å². The zero-order valence-corrected chi connectivity index (χ0v) is 16.3. The number of carbonyl (C=O) groups is 2. The van der Waals surface area contributed by atoms with E-state index >= 15 is 0 Å². The maximum atomic E-state index is 12.4. The van der Waals surface area contributed by atoms with E-state index in [1.807, 2.05) is 24.3 Å². The van der Waals surface area contributed by atoms with E-state index in [4.69, 9.17) is 9.47 Å². The van der Waals surface area contributed by atoms with E-state index < -0.39 is 5.79 Å². The van der Waals surface area contributed by atoms with E-state index in [0.717, 1.165) is 18.8 Å². The molecule has 0 bridgehead atoms. The molecule has 152 valence electrons. The van der Waals surface area contributed by atoms with Crippen LogP contribution in [-0.2, 0) is 19.1 Å². The second-order valence-electron chi connectivity index (χ2n) is 7.81. The van der Waals surface area contributed by atoms with Gasteiger partial charge in [0.15, 0.2) is 5.79 Å². The van der Waals surface area contributed by atoms with Gasteiger partial charge in [-0.3, -0.25) is 9.59 Å². The Balaban J connectivity index is 1.24. The van der Waals surface area contributed by atoms with Gasteiger partial charge in [-0.25, -0.2) is 0 Å². The molecule has 28 heavy (non-hydrogen) atoms. The summed E-state index contributed by atoms with van der Waals surface area (Å²) in [6.07, 6.45) is 4.96. The van der Waals surface area contributed by atoms with Crippen LogP contribution in [0.2, 0.25) is 0 Å². The molecule has 3 saturated heterocycles. The zero-order valence-electron chi connectivity index (χ0n) is 16.3. The van der Waals surface area contributed by atoms with Crippen LogP contribution in [-0.4, -0.2) is 61.9 Å². The van der Waals surface area contributed by atoms with Crippen molar-refractivity contribution in [2.24, 2.45) is 0 Å². The molecule has 7 heteroatoms. The van der Waals surface area contributed by atoms with Gasteiger partial charge < -0.3 is 24.6 Å². The summed E-state index contributed by atoms with van der Waals surface area (Å²) in [5, 5.41) is 2.84. The van der Waals surface area contributed by atoms with Gasteiger partial charge in [-0.1, -0.05) is 0 Å². The standard InChI is InChI=1S/C21H29N3O4/c25-19(16-20(26)24-12-8-21(9-13-24)27-14-15-28-21)22-17-4-6-18(7-5-17)23-10-2-1-3-11-23/h4-7H,1-3,8-16H2,(H,22,25). The van der Waals surface area contributed by atoms with E-state index in [1.165, 1.54) is 24.9 Å². The van der Waals surface area contributed by atoms with Gasteiger partial charge >= 0.3 is 0 Å². The number of piperidine rings is 2. The third-order valence-electron chi connectivity index (χ3n) is 5.88. The van der Waals surface area contributed by atoms with Crippen LogP contribution in [0, 0.1) is 0 Å². The lowest BCUT2D eigenvalue weighted by atomic mass is 10.0. The first-order valence-electron chi connectivity index (χ1n) is 10.3. The first-order chi connectivity index (χ1) is 13.6. The number of nitrogens with zero attached hydrogens (tertiary/aromatic N) is 2. The SMILES string of the molecule is O=C(CC(=O)N1CCC2(CC1)OCCO2)Nc1ccc(N2CCCCC2)cc1. The molecule has 1 aromatic carbocycles. The van der Waals surface area contributed by atoms with Crippen LogP contribution in [0.1, 0.15) is 38.5 Å². The van der Waals surface area contributed by atoms with Crippen LogP contribution in [0.4, 0.5) is 11.4 Å². The molecule has 0 saturated carbocycles. The number of hydrogen-bond acceptors (Lipinski definition) is 5. The van der Waals surface area contributed by atoms with Crippen molar-refractivity contribution in [2.45, 2.75) is 44.3 Å². The molecule has 3 fully saturated rings. The first-order valence-corrected chi connectivity index (χ1v) is 10.3. The van der Waals surface area contributed by atoms with E-state index in [9.17, 15) is 9.59 Å². The minimum absolute atomic E-state index is 0.136. The molecule has 3 heterocycles. The summed E-state index contributed by atoms with van der Waals surface area (Å²) in [5.74, 6) is -0.922. The largest absolute Gasteiger partial charge is 0.372 e. The highest BCUT2D eigenvalue weighted by Crippen LogP contribution is 2.31. The number of ether oxygens (including phenoxy) is 2. The van der Waals surface area contributed by atoms with Crippen molar-refractivity contribution in [3.8, 4) is 0 Å². The maximum Gasteiger partial charge on any atom is 0.233 e. The van der Waals surface area contributed by atoms with Crippen LogP contribution >= 0.6 is 0 Å². The van der Waals surface area contributed by atoms with Gasteiger partial charge in [0.2, 0.25) is 11.8 Å². The summed E-state index contributed by atoms with van der Waals surface area (Å²) < 4.78 is 11.4. The van der Waals surface area contributed by atoms with Gasteiger partial charge in [-0.05, 0) is 43.5 Å². The second kappa shape index (κ2) is 8.49. The lowest BCUT2D eigenvalue weighted by Gasteiger charge is -2.37. The van der Waals surface area contributed by atoms with E-state index in [-0.39, 0.29) is 18.2 Å². The number of anilines is 2. The van der Waals surface area contributed by atoms with Gasteiger partial charge in [0.25, 0.3) is 0 Å². The molecule has 0 aliphatic carbocycles. The van der Waals surface area contributed by atoms with Crippen LogP contribution < -0.4 is 10.2 Å². The minimum Gasteiger partial charge on any atom is -0.372 e. The Morgan fingerprint density at radius 1 is 0.929 bits per heavy atom. The Labute approximate surface area is 166 Å². The highest BCUT2D eigenvalue weighted by atomic mass is 16.7. The summed E-state index contributed by atoms with van der Waals surface area (Å²) in [6, 6.07) is 7.89. The molecule has 3 aliphatic rings. The first kappa shape index (κ1) is 19.2. The fraction of sp³-hybridized carbons (Fsp3) is 0.619. The molecule has 0 unspecified atom stereocenters. The number of benzene rings is 1. The molecule has 0 atom stereocenters. The maximum absolute atomic E-state index is 12.4. The lowest BCUT2D eigenvalue weighted by molar-refractivity contribution is -0.187. The Bertz CT molecular complexity index is 684. The number of hydrogen-bond donors (Lipinski definition) is 1. The molecule has 0 radical (unpaired) electrons. The molecule has 1 aromatic rings. The topological polar surface area (TPSA) is 71.1 Å². The average Bonchev–Trinajstić information content (AvgIpc) is 3.17. The molecule has 7 nitrogen and oxygen atoms in total. The van der Waals surface area contributed by atoms with Crippen LogP contribution in [0.15, 0.2) is 24.3 Å². The van der Waals surface area contributed by atoms with Gasteiger partial charge in [-0.15, -0.1) is 0 Å². The van der Waals surface area contributed by atoms with E-state index in [1.54, 1.807) is 4.90 Å². The molecule has 4 rings (SSSR count). The summed E-state index contributed by atoms with van der Waals surface area (Å²) >= 11 is 0. The molecule has 0 aromatic heterocycles. The molecular formula is C21H29N3O4. The van der Waals surface area contributed by atoms with Crippen molar-refractivity contribution >= 4 is 23.2 Å². The third-order valence-corrected chi connectivity index (χ3v) is 5.88. The fourth-order valence-electron chi connectivity index (χ4n) is 4.24. The predicted octanol–water partition coefficient (Wildman–Crippen LogP) is 2.37. The second-order valence-corrected chi connectivity index (χ2v) is 7.81. The predicted molar refractivity (Wildman–Crippen MR) is 106 cm³/mol. The highest BCUT2D eigenvalue weighted by molar-refractivity contribution is 6.03. The molecule has 1 spiro atoms. The Hall–Kier alpha value is -2.12. The number of nitrogens with one attached hydrogen (secondary N) is 1. The van der Waals surface area contributed by atoms with Crippen molar-refractivity contribution in [3.63, 3.8) is 0 Å². The highest BCUT2D eigenvalue weighted by Gasteiger charge is 2.40. The minimum atomic E-state index is -0.505. The molecule has 1 N–H and O–H groups in total. The fourth-order valence-corrected chi connectivity index (χ4v) is 4.24. The Kier molecular flexibility index (Phi) is 5.82. The third kappa shape index (κ3) is 4.47. The van der Waals surface area contributed by atoms with Crippen LogP contribution in [0.3, 0.4) is 0 Å². The lowest BCUT2D eigenvalue weighted by Crippen LogP contribution is -2.47. The van der Waals surface area contributed by atoms with E-state index in [0.29, 0.717) is 39.1 Å². The summed E-state index contributed by atoms with van der Waals surface area (Å²) in [4.78, 5) is 28.8. The number of carbonyl (C=O) groups excluding carboxylic acids is 2. The van der Waals surface area contributed by atoms with Crippen LogP contribution in [0.25, 0.3) is 0 Å².